The SMILES string of the molecule is CN(C)CCNC(=O)CNc1cc(C#N)c2ccccn2c1=O. The molecule has 23 heavy (non-hydrogen) atoms. The third-order valence-corrected chi connectivity index (χ3v) is 3.31. The summed E-state index contributed by atoms with van der Waals surface area (Å²) < 4.78 is 1.39. The lowest BCUT2D eigenvalue weighted by Gasteiger charge is -2.12. The molecule has 1 amide bonds. The van der Waals surface area contributed by atoms with Crippen LogP contribution in [0.25, 0.3) is 5.52 Å². The molecule has 2 aromatic rings. The summed E-state index contributed by atoms with van der Waals surface area (Å²) in [5.41, 5.74) is 0.857. The van der Waals surface area contributed by atoms with Crippen LogP contribution >= 0.6 is 0 Å². The minimum absolute atomic E-state index is 0.0214. The van der Waals surface area contributed by atoms with Crippen molar-refractivity contribution in [1.29, 1.82) is 5.26 Å². The van der Waals surface area contributed by atoms with E-state index in [1.165, 1.54) is 10.5 Å². The largest absolute Gasteiger partial charge is 0.372 e. The number of nitrogens with one attached hydrogen (secondary N) is 2. The Bertz CT molecular complexity index is 804. The molecule has 0 aromatic carbocycles. The summed E-state index contributed by atoms with van der Waals surface area (Å²) in [5, 5.41) is 14.8. The Morgan fingerprint density at radius 1 is 1.39 bits per heavy atom. The molecule has 7 heteroatoms. The predicted octanol–water partition coefficient (Wildman–Crippen LogP) is 0.261. The maximum absolute atomic E-state index is 12.4. The average molecular weight is 313 g/mol. The van der Waals surface area contributed by atoms with Gasteiger partial charge in [-0.2, -0.15) is 5.26 Å². The first-order chi connectivity index (χ1) is 11.0. The summed E-state index contributed by atoms with van der Waals surface area (Å²) in [6.45, 7) is 1.25. The molecule has 2 N–H and O–H groups in total. The monoisotopic (exact) mass is 313 g/mol. The van der Waals surface area contributed by atoms with E-state index in [2.05, 4.69) is 16.7 Å². The molecule has 2 heterocycles. The molecule has 0 aliphatic carbocycles. The van der Waals surface area contributed by atoms with Crippen LogP contribution < -0.4 is 16.2 Å². The normalized spacial score (nSPS) is 10.5. The van der Waals surface area contributed by atoms with Crippen LogP contribution in [0.15, 0.2) is 35.3 Å². The van der Waals surface area contributed by atoms with Crippen molar-refractivity contribution < 1.29 is 4.79 Å². The highest BCUT2D eigenvalue weighted by Gasteiger charge is 2.09. The maximum Gasteiger partial charge on any atom is 0.278 e. The van der Waals surface area contributed by atoms with E-state index in [1.807, 2.05) is 19.0 Å². The number of likely N-dealkylation sites (N-methyl/N-ethyl adjacent to an activating group) is 1. The quantitative estimate of drug-likeness (QED) is 0.798. The number of aromatic nitrogens is 1. The zero-order valence-corrected chi connectivity index (χ0v) is 13.2. The van der Waals surface area contributed by atoms with Crippen LogP contribution in [0.2, 0.25) is 0 Å². The maximum atomic E-state index is 12.4. The molecule has 0 radical (unpaired) electrons. The van der Waals surface area contributed by atoms with Gasteiger partial charge in [0.2, 0.25) is 5.91 Å². The zero-order valence-electron chi connectivity index (χ0n) is 13.2. The van der Waals surface area contributed by atoms with Gasteiger partial charge >= 0.3 is 0 Å². The number of nitrogens with zero attached hydrogens (tertiary/aromatic N) is 3. The van der Waals surface area contributed by atoms with E-state index in [0.717, 1.165) is 6.54 Å². The molecule has 0 unspecified atom stereocenters. The van der Waals surface area contributed by atoms with Gasteiger partial charge < -0.3 is 15.5 Å². The second kappa shape index (κ2) is 7.42. The Balaban J connectivity index is 2.12. The smallest absolute Gasteiger partial charge is 0.278 e. The van der Waals surface area contributed by atoms with Crippen molar-refractivity contribution in [2.45, 2.75) is 0 Å². The first kappa shape index (κ1) is 16.5. The van der Waals surface area contributed by atoms with Crippen molar-refractivity contribution in [1.82, 2.24) is 14.6 Å². The van der Waals surface area contributed by atoms with Crippen LogP contribution in [0.4, 0.5) is 5.69 Å². The van der Waals surface area contributed by atoms with Gasteiger partial charge in [0.05, 0.1) is 17.6 Å². The van der Waals surface area contributed by atoms with Crippen molar-refractivity contribution in [3.05, 3.63) is 46.4 Å². The number of fused-ring (bicyclic) bond motifs is 1. The minimum Gasteiger partial charge on any atom is -0.372 e. The molecule has 120 valence electrons. The van der Waals surface area contributed by atoms with E-state index in [9.17, 15) is 14.9 Å². The highest BCUT2D eigenvalue weighted by Crippen LogP contribution is 2.11. The summed E-state index contributed by atoms with van der Waals surface area (Å²) in [6.07, 6.45) is 1.60. The Labute approximate surface area is 134 Å². The van der Waals surface area contributed by atoms with Crippen molar-refractivity contribution in [3.63, 3.8) is 0 Å². The topological polar surface area (TPSA) is 89.6 Å². The molecule has 0 fully saturated rings. The molecular weight excluding hydrogens is 294 g/mol. The summed E-state index contributed by atoms with van der Waals surface area (Å²) in [6, 6.07) is 8.73. The van der Waals surface area contributed by atoms with E-state index in [-0.39, 0.29) is 23.7 Å². The Hall–Kier alpha value is -2.85. The summed E-state index contributed by atoms with van der Waals surface area (Å²) in [4.78, 5) is 26.1. The first-order valence-electron chi connectivity index (χ1n) is 7.22. The highest BCUT2D eigenvalue weighted by molar-refractivity contribution is 5.81. The predicted molar refractivity (Wildman–Crippen MR) is 88.4 cm³/mol. The highest BCUT2D eigenvalue weighted by atomic mass is 16.2. The number of hydrogen-bond acceptors (Lipinski definition) is 5. The van der Waals surface area contributed by atoms with Gasteiger partial charge in [-0.3, -0.25) is 14.0 Å². The van der Waals surface area contributed by atoms with Crippen molar-refractivity contribution in [3.8, 4) is 6.07 Å². The van der Waals surface area contributed by atoms with E-state index >= 15 is 0 Å². The lowest BCUT2D eigenvalue weighted by Crippen LogP contribution is -2.35. The number of pyridine rings is 2. The number of amides is 1. The van der Waals surface area contributed by atoms with Crippen LogP contribution in [0, 0.1) is 11.3 Å². The van der Waals surface area contributed by atoms with Crippen LogP contribution in [-0.4, -0.2) is 48.9 Å². The molecule has 0 spiro atoms. The van der Waals surface area contributed by atoms with E-state index in [0.29, 0.717) is 17.6 Å². The van der Waals surface area contributed by atoms with Gasteiger partial charge in [-0.05, 0) is 32.3 Å². The lowest BCUT2D eigenvalue weighted by molar-refractivity contribution is -0.119. The molecule has 7 nitrogen and oxygen atoms in total. The fraction of sp³-hybridized carbons (Fsp3) is 0.312. The van der Waals surface area contributed by atoms with Crippen molar-refractivity contribution in [2.75, 3.05) is 39.0 Å². The standard InChI is InChI=1S/C16H19N5O2/c1-20(2)8-6-18-15(22)11-19-13-9-12(10-17)14-5-3-4-7-21(14)16(13)23/h3-5,7,9,19H,6,8,11H2,1-2H3,(H,18,22). The fourth-order valence-corrected chi connectivity index (χ4v) is 2.12. The Morgan fingerprint density at radius 3 is 2.87 bits per heavy atom. The van der Waals surface area contributed by atoms with Crippen LogP contribution in [0.1, 0.15) is 5.56 Å². The first-order valence-corrected chi connectivity index (χ1v) is 7.22. The number of carbonyl (C=O) groups excluding carboxylic acids is 1. The molecule has 0 aliphatic rings. The minimum atomic E-state index is -0.291. The molecule has 0 bridgehead atoms. The lowest BCUT2D eigenvalue weighted by atomic mass is 10.2. The van der Waals surface area contributed by atoms with Gasteiger partial charge in [-0.15, -0.1) is 0 Å². The van der Waals surface area contributed by atoms with Crippen LogP contribution in [-0.2, 0) is 4.79 Å². The molecule has 0 atom stereocenters. The Morgan fingerprint density at radius 2 is 2.17 bits per heavy atom. The van der Waals surface area contributed by atoms with Gasteiger partial charge in [-0.1, -0.05) is 6.07 Å². The second-order valence-corrected chi connectivity index (χ2v) is 5.35. The summed E-state index contributed by atoms with van der Waals surface area (Å²) >= 11 is 0. The van der Waals surface area contributed by atoms with E-state index in [1.54, 1.807) is 24.4 Å². The van der Waals surface area contributed by atoms with Crippen LogP contribution in [0.3, 0.4) is 0 Å². The third-order valence-electron chi connectivity index (χ3n) is 3.31. The number of carbonyl (C=O) groups is 1. The van der Waals surface area contributed by atoms with Crippen molar-refractivity contribution in [2.24, 2.45) is 0 Å². The molecular formula is C16H19N5O2. The van der Waals surface area contributed by atoms with Crippen molar-refractivity contribution >= 4 is 17.1 Å². The Kier molecular flexibility index (Phi) is 5.33. The summed E-state index contributed by atoms with van der Waals surface area (Å²) in [5.74, 6) is -0.206. The number of rotatable bonds is 6. The van der Waals surface area contributed by atoms with Gasteiger partial charge in [0.15, 0.2) is 0 Å². The molecule has 0 saturated carbocycles. The number of nitriles is 1. The summed E-state index contributed by atoms with van der Waals surface area (Å²) in [7, 11) is 3.84. The fourth-order valence-electron chi connectivity index (χ4n) is 2.12. The van der Waals surface area contributed by atoms with Gasteiger partial charge in [0.25, 0.3) is 5.56 Å². The van der Waals surface area contributed by atoms with E-state index < -0.39 is 0 Å². The van der Waals surface area contributed by atoms with Crippen LogP contribution in [0.5, 0.6) is 0 Å². The average Bonchev–Trinajstić information content (AvgIpc) is 2.54. The third kappa shape index (κ3) is 4.08. The molecule has 0 aliphatic heterocycles. The second-order valence-electron chi connectivity index (χ2n) is 5.35. The molecule has 2 rings (SSSR count). The van der Waals surface area contributed by atoms with Gasteiger partial charge in [0, 0.05) is 19.3 Å². The number of anilines is 1. The van der Waals surface area contributed by atoms with Gasteiger partial charge in [-0.25, -0.2) is 0 Å². The van der Waals surface area contributed by atoms with Gasteiger partial charge in [0.1, 0.15) is 11.8 Å². The molecule has 0 saturated heterocycles. The number of hydrogen-bond donors (Lipinski definition) is 2. The zero-order chi connectivity index (χ0) is 16.8. The molecule has 2 aromatic heterocycles. The van der Waals surface area contributed by atoms with E-state index in [4.69, 9.17) is 0 Å².